The Hall–Kier alpha value is -8.07. The van der Waals surface area contributed by atoms with Crippen LogP contribution >= 0.6 is 45.1 Å². The first-order valence-corrected chi connectivity index (χ1v) is 44.0. The summed E-state index contributed by atoms with van der Waals surface area (Å²) < 4.78 is 75.2. The second-order valence-corrected chi connectivity index (χ2v) is 33.9. The highest BCUT2D eigenvalue weighted by Gasteiger charge is 2.44. The van der Waals surface area contributed by atoms with Gasteiger partial charge in [0.05, 0.1) is 96.2 Å². The molecule has 0 spiro atoms. The highest BCUT2D eigenvalue weighted by atomic mass is 33.1. The fourth-order valence-electron chi connectivity index (χ4n) is 12.4. The van der Waals surface area contributed by atoms with Crippen LogP contribution in [0.5, 0.6) is 0 Å². The van der Waals surface area contributed by atoms with E-state index in [4.69, 9.17) is 49.3 Å². The Morgan fingerprint density at radius 3 is 2.07 bits per heavy atom. The van der Waals surface area contributed by atoms with Crippen molar-refractivity contribution in [2.45, 2.75) is 147 Å². The summed E-state index contributed by atoms with van der Waals surface area (Å²) in [5.74, 6) is -3.12. The molecule has 15 N–H and O–H groups in total. The molecule has 1 saturated heterocycles. The summed E-state index contributed by atoms with van der Waals surface area (Å²) in [7, 11) is -12.8. The van der Waals surface area contributed by atoms with E-state index in [9.17, 15) is 86.7 Å². The molecule has 116 heavy (non-hydrogen) atoms. The smallest absolute Gasteiger partial charge is 0.481 e. The number of phosphoric ester groups is 1. The first kappa shape index (κ1) is 96.8. The number of carboxylic acid groups (broad SMARTS) is 3. The molecule has 2 aliphatic carbocycles. The van der Waals surface area contributed by atoms with Gasteiger partial charge in [0.15, 0.2) is 0 Å². The third kappa shape index (κ3) is 33.0. The number of rotatable bonds is 51. The number of aliphatic carboxylic acids is 3. The summed E-state index contributed by atoms with van der Waals surface area (Å²) in [5.41, 5.74) is 15.1. The zero-order valence-corrected chi connectivity index (χ0v) is 68.9. The van der Waals surface area contributed by atoms with Gasteiger partial charge in [0.1, 0.15) is 36.3 Å². The number of carboxylic acids is 3. The Balaban J connectivity index is 0.857. The van der Waals surface area contributed by atoms with Gasteiger partial charge in [-0.15, -0.1) is 0 Å². The summed E-state index contributed by atoms with van der Waals surface area (Å²) in [4.78, 5) is 174. The first-order valence-electron chi connectivity index (χ1n) is 37.0. The van der Waals surface area contributed by atoms with Gasteiger partial charge in [-0.2, -0.15) is 13.6 Å². The highest BCUT2D eigenvalue weighted by Crippen LogP contribution is 2.66. The van der Waals surface area contributed by atoms with E-state index in [0.717, 1.165) is 46.9 Å². The van der Waals surface area contributed by atoms with Crippen molar-refractivity contribution in [2.24, 2.45) is 10.9 Å². The van der Waals surface area contributed by atoms with Crippen molar-refractivity contribution in [2.75, 3.05) is 110 Å². The van der Waals surface area contributed by atoms with Gasteiger partial charge >= 0.3 is 47.1 Å². The minimum absolute atomic E-state index is 0.00828. The molecular formula is C72H101N10O29P3S2. The van der Waals surface area contributed by atoms with E-state index in [0.29, 0.717) is 30.8 Å². The molecule has 640 valence electrons. The van der Waals surface area contributed by atoms with Crippen molar-refractivity contribution in [3.63, 3.8) is 0 Å². The number of carbonyl (C=O) groups excluding carboxylic acids is 6. The molecule has 10 atom stereocenters. The number of aliphatic imine (C=N–C) groups is 1. The van der Waals surface area contributed by atoms with Crippen LogP contribution in [0, 0.1) is 24.7 Å². The molecule has 0 saturated carbocycles. The van der Waals surface area contributed by atoms with Gasteiger partial charge in [-0.05, 0) is 98.4 Å². The van der Waals surface area contributed by atoms with Crippen LogP contribution in [0.25, 0.3) is 0 Å². The number of aryl methyl sites for hydroxylation is 2. The molecule has 1 fully saturated rings. The number of fused-ring (bicyclic) bond motifs is 2. The van der Waals surface area contributed by atoms with Crippen molar-refractivity contribution in [1.82, 2.24) is 41.0 Å². The normalized spacial score (nSPS) is 18.5. The maximum absolute atomic E-state index is 14.3. The van der Waals surface area contributed by atoms with Gasteiger partial charge in [-0.25, -0.2) is 23.3 Å². The van der Waals surface area contributed by atoms with Gasteiger partial charge in [-0.1, -0.05) is 88.8 Å². The Bertz CT molecular complexity index is 4320. The van der Waals surface area contributed by atoms with Crippen molar-refractivity contribution in [3.8, 4) is 11.8 Å². The number of aromatic nitrogens is 2. The molecule has 44 heteroatoms. The maximum atomic E-state index is 14.3. The van der Waals surface area contributed by atoms with E-state index in [2.05, 4.69) is 102 Å². The average molecular weight is 1730 g/mol. The number of aliphatic hydroxyl groups is 1. The monoisotopic (exact) mass is 1730 g/mol. The minimum atomic E-state index is -5.84. The highest BCUT2D eigenvalue weighted by molar-refractivity contribution is 8.76. The molecular weight excluding hydrogens is 1630 g/mol. The maximum Gasteiger partial charge on any atom is 0.490 e. The third-order valence-electron chi connectivity index (χ3n) is 17.8. The molecule has 39 nitrogen and oxygen atoms in total. The quantitative estimate of drug-likeness (QED) is 0.0167. The predicted molar refractivity (Wildman–Crippen MR) is 421 cm³/mol. The Morgan fingerprint density at radius 2 is 1.41 bits per heavy atom. The SMILES string of the molecule is CCCc1cc2c(cc1C)C(c1ccccc1C(=O)N(C)CCCC(=O)NCCOCCOCCOCCOCCC(=O)NC(CCCSSCCC(=O)NCC#Cc1cn([C@H]3CC(O)[C@@H](COP(=O)(O)OP(=O)(O)OP(=O)(O)O)O3)c(=O)nc1N)C(=O)NC(CC(=O)O)C(=O)NC(CC(=O)O)C(=O)O)C1C=C(C)C(=NCC)C=C1C2. The number of phosphoric acid groups is 3. The molecule has 0 radical (unpaired) electrons. The van der Waals surface area contributed by atoms with Crippen LogP contribution in [0.1, 0.15) is 141 Å². The zero-order chi connectivity index (χ0) is 85.3. The van der Waals surface area contributed by atoms with Crippen LogP contribution in [0.2, 0.25) is 0 Å². The summed E-state index contributed by atoms with van der Waals surface area (Å²) in [6.45, 7) is 9.83. The van der Waals surface area contributed by atoms with E-state index in [1.807, 2.05) is 30.4 Å². The second kappa shape index (κ2) is 48.1. The summed E-state index contributed by atoms with van der Waals surface area (Å²) in [6, 6.07) is 7.30. The molecule has 2 heterocycles. The number of nitrogens with one attached hydrogen (secondary N) is 5. The number of anilines is 1. The van der Waals surface area contributed by atoms with Gasteiger partial charge in [0.2, 0.25) is 29.5 Å². The summed E-state index contributed by atoms with van der Waals surface area (Å²) >= 11 is 0. The number of ether oxygens (including phenoxy) is 5. The van der Waals surface area contributed by atoms with Gasteiger partial charge < -0.3 is 101 Å². The number of aliphatic hydroxyl groups excluding tert-OH is 1. The third-order valence-corrected chi connectivity index (χ3v) is 24.1. The molecule has 3 aromatic rings. The van der Waals surface area contributed by atoms with E-state index in [1.165, 1.54) is 49.4 Å². The van der Waals surface area contributed by atoms with Crippen LogP contribution in [-0.4, -0.2) is 248 Å². The fourth-order valence-corrected chi connectivity index (χ4v) is 17.5. The lowest BCUT2D eigenvalue weighted by Gasteiger charge is -2.38. The molecule has 6 rings (SSSR count). The van der Waals surface area contributed by atoms with Crippen molar-refractivity contribution >= 4 is 110 Å². The largest absolute Gasteiger partial charge is 0.490 e. The van der Waals surface area contributed by atoms with Gasteiger partial charge in [0.25, 0.3) is 5.91 Å². The topological polar surface area (TPSA) is 577 Å². The molecule has 1 aliphatic heterocycles. The number of carbonyl (C=O) groups is 9. The number of nitrogens with two attached hydrogens (primary N) is 1. The first-order chi connectivity index (χ1) is 55.0. The van der Waals surface area contributed by atoms with E-state index >= 15 is 0 Å². The Kier molecular flexibility index (Phi) is 40.1. The van der Waals surface area contributed by atoms with Gasteiger partial charge in [-0.3, -0.25) is 52.4 Å². The molecule has 1 aromatic heterocycles. The van der Waals surface area contributed by atoms with Crippen LogP contribution in [0.3, 0.4) is 0 Å². The van der Waals surface area contributed by atoms with E-state index < -0.39 is 127 Å². The number of hydrogen-bond donors (Lipinski definition) is 14. The average Bonchev–Trinajstić information content (AvgIpc) is 0.834. The number of amides is 6. The van der Waals surface area contributed by atoms with Crippen LogP contribution in [0.15, 0.2) is 75.7 Å². The molecule has 3 aliphatic rings. The van der Waals surface area contributed by atoms with Gasteiger partial charge in [0, 0.05) is 87.5 Å². The number of nitrogen functional groups attached to an aromatic ring is 1. The van der Waals surface area contributed by atoms with E-state index in [-0.39, 0.29) is 145 Å². The van der Waals surface area contributed by atoms with E-state index in [1.54, 1.807) is 11.9 Å². The lowest BCUT2D eigenvalue weighted by molar-refractivity contribution is -0.148. The molecule has 6 amide bonds. The van der Waals surface area contributed by atoms with Crippen LogP contribution < -0.4 is 38.0 Å². The van der Waals surface area contributed by atoms with Crippen LogP contribution in [0.4, 0.5) is 5.82 Å². The molecule has 2 aromatic carbocycles. The number of allylic oxidation sites excluding steroid dienone is 4. The van der Waals surface area contributed by atoms with Crippen molar-refractivity contribution in [1.29, 1.82) is 0 Å². The zero-order valence-electron chi connectivity index (χ0n) is 64.6. The fraction of sp³-hybridized carbons (Fsp3) is 0.556. The second-order valence-electron chi connectivity index (χ2n) is 26.7. The van der Waals surface area contributed by atoms with Crippen LogP contribution in [-0.2, 0) is 102 Å². The number of benzene rings is 2. The van der Waals surface area contributed by atoms with Crippen molar-refractivity contribution in [3.05, 3.63) is 115 Å². The number of nitrogens with zero attached hydrogens (tertiary/aromatic N) is 4. The summed E-state index contributed by atoms with van der Waals surface area (Å²) in [5, 5.41) is 50.8. The Labute approximate surface area is 676 Å². The Morgan fingerprint density at radius 1 is 0.767 bits per heavy atom. The molecule has 0 bridgehead atoms. The lowest BCUT2D eigenvalue weighted by Crippen LogP contribution is -2.56. The molecule has 8 unspecified atom stereocenters. The minimum Gasteiger partial charge on any atom is -0.481 e. The summed E-state index contributed by atoms with van der Waals surface area (Å²) in [6.07, 6.45) is 2.36. The standard InChI is InChI=1S/C72H101N10O29P3S2/c1-6-13-46-36-48-37-49-38-55(74-7-2)45(4)35-53(49)66(52(48)34-44(46)3)50-15-8-9-16-51(50)70(93)81(5)23-11-18-60(84)76-22-25-105-27-29-107-31-30-106-28-26-104-24-19-62(86)77-54(68(91)78-56(39-64(87)88)69(92)79-57(71(94)95)40-65(89)90)17-12-32-115-116-33-20-61(85)75-21-10-14-47-42-82(72(96)80-67(47)73)63-41-58(83)59(109-63)43-108-113(100,101)111-114(102,103)110-112(97,98)99/h8-9,15-16,34-36,38,42,53-54,56-59,63,66,83H,6-7,11-13,17-33,37,39-41,43H2,1-5H3,(H,75,85)(H,76,84)(H,77,86)(H,78,91)(H,79,92)(H,87,88)(H,89,90)(H,94,95)(H,100,101)(H,102,103)(H2,73,80,96)(H2,97,98,99)/t53?,54?,56?,57?,58?,59-,63-,66?/m1/s1. The predicted octanol–water partition coefficient (Wildman–Crippen LogP) is 3.36. The van der Waals surface area contributed by atoms with Crippen molar-refractivity contribution < 1.29 is 134 Å². The lowest BCUT2D eigenvalue weighted by atomic mass is 9.65. The number of hydrogen-bond acceptors (Lipinski definition) is 27.